The lowest BCUT2D eigenvalue weighted by molar-refractivity contribution is -0.144. The Hall–Kier alpha value is -1.11. The van der Waals surface area contributed by atoms with E-state index in [0.29, 0.717) is 11.0 Å². The molecule has 2 heterocycles. The molecule has 2 aromatic heterocycles. The van der Waals surface area contributed by atoms with E-state index < -0.39 is 12.0 Å². The highest BCUT2D eigenvalue weighted by atomic mass is 79.9. The maximum Gasteiger partial charge on any atom is 0.453 e. The van der Waals surface area contributed by atoms with E-state index in [0.717, 1.165) is 11.1 Å². The van der Waals surface area contributed by atoms with E-state index in [1.54, 1.807) is 6.07 Å². The number of hydrogen-bond acceptors (Lipinski definition) is 2. The molecule has 2 aromatic rings. The molecule has 0 spiro atoms. The first-order valence-corrected chi connectivity index (χ1v) is 5.75. The summed E-state index contributed by atoms with van der Waals surface area (Å²) in [5.74, 6) is -1.12. The van der Waals surface area contributed by atoms with E-state index in [2.05, 4.69) is 26.0 Å². The third-order valence-electron chi connectivity index (χ3n) is 2.50. The quantitative estimate of drug-likeness (QED) is 0.756. The SMILES string of the molecule is CCc1c(C)cc2nc(C(F)(F)F)nn2c1Br. The Morgan fingerprint density at radius 3 is 2.59 bits per heavy atom. The first kappa shape index (κ1) is 12.3. The van der Waals surface area contributed by atoms with Gasteiger partial charge in [-0.05, 0) is 46.5 Å². The lowest BCUT2D eigenvalue weighted by Gasteiger charge is -2.06. The second kappa shape index (κ2) is 3.97. The Kier molecular flexibility index (Phi) is 2.89. The zero-order valence-corrected chi connectivity index (χ0v) is 10.7. The Labute approximate surface area is 104 Å². The molecule has 7 heteroatoms. The predicted molar refractivity (Wildman–Crippen MR) is 59.8 cm³/mol. The molecular formula is C10H9BrF3N3. The summed E-state index contributed by atoms with van der Waals surface area (Å²) in [5, 5.41) is 3.47. The zero-order valence-electron chi connectivity index (χ0n) is 9.14. The van der Waals surface area contributed by atoms with Crippen molar-refractivity contribution in [3.05, 3.63) is 27.6 Å². The lowest BCUT2D eigenvalue weighted by atomic mass is 10.1. The summed E-state index contributed by atoms with van der Waals surface area (Å²) in [6.45, 7) is 3.77. The van der Waals surface area contributed by atoms with Crippen LogP contribution in [-0.2, 0) is 12.6 Å². The van der Waals surface area contributed by atoms with Crippen molar-refractivity contribution in [1.82, 2.24) is 14.6 Å². The molecule has 0 amide bonds. The first-order valence-electron chi connectivity index (χ1n) is 4.96. The van der Waals surface area contributed by atoms with Crippen LogP contribution in [0.4, 0.5) is 13.2 Å². The molecule has 0 aromatic carbocycles. The van der Waals surface area contributed by atoms with E-state index in [1.165, 1.54) is 4.52 Å². The molecule has 0 aliphatic carbocycles. The van der Waals surface area contributed by atoms with Gasteiger partial charge >= 0.3 is 6.18 Å². The van der Waals surface area contributed by atoms with Crippen LogP contribution in [0.1, 0.15) is 23.9 Å². The number of rotatable bonds is 1. The van der Waals surface area contributed by atoms with Crippen molar-refractivity contribution in [2.45, 2.75) is 26.4 Å². The van der Waals surface area contributed by atoms with Crippen LogP contribution in [0.25, 0.3) is 5.65 Å². The van der Waals surface area contributed by atoms with Gasteiger partial charge in [-0.15, -0.1) is 5.10 Å². The van der Waals surface area contributed by atoms with E-state index >= 15 is 0 Å². The van der Waals surface area contributed by atoms with Gasteiger partial charge in [0.05, 0.1) is 0 Å². The van der Waals surface area contributed by atoms with Gasteiger partial charge < -0.3 is 0 Å². The minimum absolute atomic E-state index is 0.193. The number of aryl methyl sites for hydroxylation is 1. The van der Waals surface area contributed by atoms with Crippen molar-refractivity contribution in [2.75, 3.05) is 0 Å². The summed E-state index contributed by atoms with van der Waals surface area (Å²) in [7, 11) is 0. The maximum absolute atomic E-state index is 12.5. The average Bonchev–Trinajstić information content (AvgIpc) is 2.61. The van der Waals surface area contributed by atoms with E-state index in [9.17, 15) is 13.2 Å². The van der Waals surface area contributed by atoms with Gasteiger partial charge in [-0.1, -0.05) is 6.92 Å². The summed E-state index contributed by atoms with van der Waals surface area (Å²) >= 11 is 3.27. The van der Waals surface area contributed by atoms with Crippen molar-refractivity contribution in [1.29, 1.82) is 0 Å². The Bertz CT molecular complexity index is 574. The summed E-state index contributed by atoms with van der Waals surface area (Å²) < 4.78 is 39.2. The fourth-order valence-electron chi connectivity index (χ4n) is 1.68. The number of nitrogens with zero attached hydrogens (tertiary/aromatic N) is 3. The van der Waals surface area contributed by atoms with Crippen LogP contribution in [0.2, 0.25) is 0 Å². The highest BCUT2D eigenvalue weighted by molar-refractivity contribution is 9.10. The molecule has 0 radical (unpaired) electrons. The average molecular weight is 308 g/mol. The highest BCUT2D eigenvalue weighted by Gasteiger charge is 2.36. The molecule has 0 aliphatic rings. The largest absolute Gasteiger partial charge is 0.453 e. The molecule has 17 heavy (non-hydrogen) atoms. The maximum atomic E-state index is 12.5. The number of aromatic nitrogens is 3. The number of alkyl halides is 3. The van der Waals surface area contributed by atoms with E-state index in [1.807, 2.05) is 13.8 Å². The monoisotopic (exact) mass is 307 g/mol. The van der Waals surface area contributed by atoms with Crippen LogP contribution >= 0.6 is 15.9 Å². The van der Waals surface area contributed by atoms with Crippen LogP contribution in [-0.4, -0.2) is 14.6 Å². The van der Waals surface area contributed by atoms with Crippen LogP contribution in [0, 0.1) is 6.92 Å². The molecule has 0 bridgehead atoms. The Morgan fingerprint density at radius 2 is 2.06 bits per heavy atom. The molecule has 0 unspecified atom stereocenters. The van der Waals surface area contributed by atoms with Gasteiger partial charge in [0.1, 0.15) is 4.60 Å². The smallest absolute Gasteiger partial charge is 0.206 e. The van der Waals surface area contributed by atoms with Gasteiger partial charge in [-0.3, -0.25) is 0 Å². The van der Waals surface area contributed by atoms with E-state index in [-0.39, 0.29) is 5.65 Å². The van der Waals surface area contributed by atoms with Gasteiger partial charge in [0.15, 0.2) is 5.65 Å². The van der Waals surface area contributed by atoms with Crippen molar-refractivity contribution in [2.24, 2.45) is 0 Å². The van der Waals surface area contributed by atoms with Gasteiger partial charge in [-0.2, -0.15) is 13.2 Å². The predicted octanol–water partition coefficient (Wildman–Crippen LogP) is 3.38. The van der Waals surface area contributed by atoms with Crippen molar-refractivity contribution >= 4 is 21.6 Å². The molecule has 0 aliphatic heterocycles. The molecular weight excluding hydrogens is 299 g/mol. The minimum atomic E-state index is -4.52. The number of hydrogen-bond donors (Lipinski definition) is 0. The first-order chi connectivity index (χ1) is 7.84. The van der Waals surface area contributed by atoms with Crippen LogP contribution in [0.5, 0.6) is 0 Å². The van der Waals surface area contributed by atoms with Gasteiger partial charge in [0.25, 0.3) is 5.82 Å². The number of halogens is 4. The third kappa shape index (κ3) is 2.03. The molecule has 0 fully saturated rings. The van der Waals surface area contributed by atoms with Crippen LogP contribution in [0.3, 0.4) is 0 Å². The Morgan fingerprint density at radius 1 is 1.41 bits per heavy atom. The fourth-order valence-corrected chi connectivity index (χ4v) is 2.53. The second-order valence-electron chi connectivity index (χ2n) is 3.65. The standard InChI is InChI=1S/C10H9BrF3N3/c1-3-6-5(2)4-7-15-9(10(12,13)14)16-17(7)8(6)11/h4H,3H2,1-2H3. The molecule has 0 saturated heterocycles. The molecule has 2 rings (SSSR count). The van der Waals surface area contributed by atoms with Crippen molar-refractivity contribution in [3.8, 4) is 0 Å². The summed E-state index contributed by atoms with van der Waals surface area (Å²) in [5.41, 5.74) is 2.02. The second-order valence-corrected chi connectivity index (χ2v) is 4.40. The van der Waals surface area contributed by atoms with Crippen molar-refractivity contribution in [3.63, 3.8) is 0 Å². The molecule has 92 valence electrons. The zero-order chi connectivity index (χ0) is 12.8. The van der Waals surface area contributed by atoms with E-state index in [4.69, 9.17) is 0 Å². The molecule has 0 N–H and O–H groups in total. The van der Waals surface area contributed by atoms with Gasteiger partial charge in [-0.25, -0.2) is 9.50 Å². The molecule has 0 atom stereocenters. The normalized spacial score (nSPS) is 12.4. The van der Waals surface area contributed by atoms with Gasteiger partial charge in [0, 0.05) is 0 Å². The van der Waals surface area contributed by atoms with Crippen molar-refractivity contribution < 1.29 is 13.2 Å². The Balaban J connectivity index is 2.74. The molecule has 0 saturated carbocycles. The van der Waals surface area contributed by atoms with Crippen LogP contribution in [0.15, 0.2) is 10.7 Å². The van der Waals surface area contributed by atoms with Crippen LogP contribution < -0.4 is 0 Å². The summed E-state index contributed by atoms with van der Waals surface area (Å²) in [6.07, 6.45) is -3.81. The fraction of sp³-hybridized carbons (Fsp3) is 0.400. The molecule has 3 nitrogen and oxygen atoms in total. The number of fused-ring (bicyclic) bond motifs is 1. The highest BCUT2D eigenvalue weighted by Crippen LogP contribution is 2.29. The summed E-state index contributed by atoms with van der Waals surface area (Å²) in [4.78, 5) is 3.48. The lowest BCUT2D eigenvalue weighted by Crippen LogP contribution is -2.08. The van der Waals surface area contributed by atoms with Gasteiger partial charge in [0.2, 0.25) is 0 Å². The number of pyridine rings is 1. The minimum Gasteiger partial charge on any atom is -0.206 e. The summed E-state index contributed by atoms with van der Waals surface area (Å²) in [6, 6.07) is 1.60. The third-order valence-corrected chi connectivity index (χ3v) is 3.31. The topological polar surface area (TPSA) is 30.2 Å².